The second-order valence-corrected chi connectivity index (χ2v) is 19.9. The summed E-state index contributed by atoms with van der Waals surface area (Å²) < 4.78 is 9.18. The molecule has 0 radical (unpaired) electrons. The summed E-state index contributed by atoms with van der Waals surface area (Å²) in [5, 5.41) is 22.2. The third-order valence-corrected chi connectivity index (χ3v) is 15.2. The van der Waals surface area contributed by atoms with E-state index in [1.54, 1.807) is 0 Å². The van der Waals surface area contributed by atoms with Crippen LogP contribution in [0.1, 0.15) is 101 Å². The molecule has 2 saturated heterocycles. The quantitative estimate of drug-likeness (QED) is 0.0584. The number of amides is 3. The smallest absolute Gasteiger partial charge is 0.355 e. The molecular formula is C55H59N9O6S. The van der Waals surface area contributed by atoms with Crippen molar-refractivity contribution in [3.05, 3.63) is 125 Å². The van der Waals surface area contributed by atoms with Crippen molar-refractivity contribution >= 4 is 72.8 Å². The average molecular weight is 974 g/mol. The number of carboxylic acids is 1. The van der Waals surface area contributed by atoms with Crippen LogP contribution in [0.5, 0.6) is 5.75 Å². The van der Waals surface area contributed by atoms with Crippen molar-refractivity contribution in [2.75, 3.05) is 61.0 Å². The molecule has 1 atom stereocenters. The van der Waals surface area contributed by atoms with Gasteiger partial charge < -0.3 is 19.6 Å². The van der Waals surface area contributed by atoms with Crippen molar-refractivity contribution in [3.63, 3.8) is 0 Å². The van der Waals surface area contributed by atoms with E-state index in [-0.39, 0.29) is 23.4 Å². The van der Waals surface area contributed by atoms with Crippen molar-refractivity contribution in [2.24, 2.45) is 7.05 Å². The lowest BCUT2D eigenvalue weighted by Crippen LogP contribution is -2.46. The van der Waals surface area contributed by atoms with Crippen LogP contribution in [0.15, 0.2) is 91.0 Å². The van der Waals surface area contributed by atoms with E-state index in [4.69, 9.17) is 14.8 Å². The van der Waals surface area contributed by atoms with Gasteiger partial charge in [0.25, 0.3) is 5.91 Å². The number of carbonyl (C=O) groups is 4. The maximum atomic E-state index is 13.6. The van der Waals surface area contributed by atoms with Crippen LogP contribution in [0.2, 0.25) is 0 Å². The summed E-state index contributed by atoms with van der Waals surface area (Å²) in [7, 11) is 1.94. The molecule has 0 spiro atoms. The number of pyridine rings is 1. The topological polar surface area (TPSA) is 175 Å². The van der Waals surface area contributed by atoms with E-state index in [9.17, 15) is 24.3 Å². The summed E-state index contributed by atoms with van der Waals surface area (Å²) in [6, 6.07) is 29.3. The number of nitrogens with one attached hydrogen (secondary N) is 2. The van der Waals surface area contributed by atoms with Gasteiger partial charge in [-0.1, -0.05) is 85.6 Å². The number of piperidine rings is 1. The largest absolute Gasteiger partial charge is 0.493 e. The molecular weight excluding hydrogens is 915 g/mol. The third kappa shape index (κ3) is 10.2. The second kappa shape index (κ2) is 21.0. The Labute approximate surface area is 416 Å². The van der Waals surface area contributed by atoms with Crippen molar-refractivity contribution in [1.29, 1.82) is 0 Å². The van der Waals surface area contributed by atoms with Gasteiger partial charge in [0.1, 0.15) is 11.6 Å². The van der Waals surface area contributed by atoms with E-state index in [0.717, 1.165) is 112 Å². The van der Waals surface area contributed by atoms with Crippen LogP contribution in [-0.4, -0.2) is 99.3 Å². The van der Waals surface area contributed by atoms with Crippen LogP contribution in [0.25, 0.3) is 32.2 Å². The summed E-state index contributed by atoms with van der Waals surface area (Å²) in [6.07, 6.45) is 8.20. The molecule has 0 aliphatic carbocycles. The molecule has 6 heterocycles. The van der Waals surface area contributed by atoms with Crippen molar-refractivity contribution in [3.8, 4) is 16.9 Å². The molecule has 0 bridgehead atoms. The minimum Gasteiger partial charge on any atom is -0.493 e. The number of benzene rings is 4. The van der Waals surface area contributed by atoms with E-state index in [2.05, 4.69) is 31.5 Å². The van der Waals surface area contributed by atoms with Gasteiger partial charge in [-0.3, -0.25) is 34.6 Å². The Bertz CT molecular complexity index is 3110. The molecule has 71 heavy (non-hydrogen) atoms. The van der Waals surface area contributed by atoms with E-state index < -0.39 is 11.9 Å². The SMILES string of the molecule is Cc1c(OCCCCCCCCN2CCN(c3cccc4c(C5CCC(=O)NC5=O)nn(C)c34)CC2)cccc1-c1ccc(N2CCc3cccc(C(=O)Nc4nc5ccccc5s4)c3C2)nc1C(=O)O. The first-order valence-electron chi connectivity index (χ1n) is 24.9. The first-order valence-corrected chi connectivity index (χ1v) is 25.7. The Balaban J connectivity index is 0.673. The van der Waals surface area contributed by atoms with Crippen LogP contribution in [0.3, 0.4) is 0 Å². The molecule has 2 fully saturated rings. The number of aryl methyl sites for hydroxylation is 1. The van der Waals surface area contributed by atoms with Gasteiger partial charge in [-0.2, -0.15) is 5.10 Å². The Morgan fingerprint density at radius 1 is 0.817 bits per heavy atom. The summed E-state index contributed by atoms with van der Waals surface area (Å²) >= 11 is 1.44. The lowest BCUT2D eigenvalue weighted by Gasteiger charge is -2.36. The lowest BCUT2D eigenvalue weighted by atomic mass is 9.92. The predicted octanol–water partition coefficient (Wildman–Crippen LogP) is 9.13. The van der Waals surface area contributed by atoms with Crippen molar-refractivity contribution < 1.29 is 29.0 Å². The number of carboxylic acid groups (broad SMARTS) is 1. The van der Waals surface area contributed by atoms with Crippen LogP contribution < -0.4 is 25.2 Å². The van der Waals surface area contributed by atoms with Crippen LogP contribution in [-0.2, 0) is 29.6 Å². The number of fused-ring (bicyclic) bond motifs is 3. The average Bonchev–Trinajstić information content (AvgIpc) is 3.95. The molecule has 16 heteroatoms. The number of piperazine rings is 1. The number of nitrogens with zero attached hydrogens (tertiary/aromatic N) is 7. The highest BCUT2D eigenvalue weighted by Gasteiger charge is 2.33. The van der Waals surface area contributed by atoms with Gasteiger partial charge in [0.15, 0.2) is 10.8 Å². The molecule has 10 rings (SSSR count). The first-order chi connectivity index (χ1) is 34.6. The van der Waals surface area contributed by atoms with Crippen LogP contribution >= 0.6 is 11.3 Å². The van der Waals surface area contributed by atoms with Crippen molar-refractivity contribution in [1.82, 2.24) is 30.0 Å². The Morgan fingerprint density at radius 3 is 2.42 bits per heavy atom. The van der Waals surface area contributed by atoms with E-state index in [0.29, 0.717) is 61.0 Å². The fraction of sp³-hybridized carbons (Fsp3) is 0.364. The minimum atomic E-state index is -1.11. The summed E-state index contributed by atoms with van der Waals surface area (Å²) in [5.41, 5.74) is 8.45. The van der Waals surface area contributed by atoms with Gasteiger partial charge in [-0.25, -0.2) is 14.8 Å². The fourth-order valence-electron chi connectivity index (χ4n) is 10.5. The number of ether oxygens (including phenoxy) is 1. The Morgan fingerprint density at radius 2 is 1.61 bits per heavy atom. The maximum absolute atomic E-state index is 13.6. The zero-order chi connectivity index (χ0) is 49.0. The normalized spacial score (nSPS) is 16.3. The van der Waals surface area contributed by atoms with Gasteiger partial charge in [-0.15, -0.1) is 0 Å². The third-order valence-electron chi connectivity index (χ3n) is 14.3. The van der Waals surface area contributed by atoms with Gasteiger partial charge in [0, 0.05) is 69.3 Å². The monoisotopic (exact) mass is 973 g/mol. The second-order valence-electron chi connectivity index (χ2n) is 18.8. The zero-order valence-corrected chi connectivity index (χ0v) is 41.1. The van der Waals surface area contributed by atoms with Gasteiger partial charge in [0.05, 0.1) is 39.6 Å². The zero-order valence-electron chi connectivity index (χ0n) is 40.3. The molecule has 3 amide bonds. The number of carbonyl (C=O) groups excluding carboxylic acids is 3. The molecule has 15 nitrogen and oxygen atoms in total. The standard InChI is InChI=1S/C55H59N9O6S/c1-35-37(38-22-24-47(57-50(38)54(68)69)64-28-26-36-14-11-16-39(42(36)34-64)52(66)59-55-56-43-18-7-8-21-46(43)71-55)15-13-20-45(35)70-33-10-6-4-3-5-9-27-62-29-31-63(32-30-62)44-19-12-17-40-49(60-61(2)51(40)44)41-23-25-48(65)58-53(41)67/h7-8,11-22,24,41H,3-6,9-10,23,25-34H2,1-2H3,(H,68,69)(H,56,59,66)(H,58,65,67). The highest BCUT2D eigenvalue weighted by molar-refractivity contribution is 7.22. The minimum absolute atomic E-state index is 0.0280. The first kappa shape index (κ1) is 47.5. The Kier molecular flexibility index (Phi) is 14.1. The van der Waals surface area contributed by atoms with E-state index in [1.165, 1.54) is 30.6 Å². The number of imide groups is 1. The number of unbranched alkanes of at least 4 members (excludes halogenated alkanes) is 5. The number of rotatable bonds is 17. The number of aromatic nitrogens is 4. The molecule has 366 valence electrons. The summed E-state index contributed by atoms with van der Waals surface area (Å²) in [5.74, 6) is -0.949. The molecule has 3 aliphatic heterocycles. The van der Waals surface area contributed by atoms with E-state index >= 15 is 0 Å². The molecule has 7 aromatic rings. The molecule has 3 aromatic heterocycles. The number of hydrogen-bond donors (Lipinski definition) is 3. The van der Waals surface area contributed by atoms with Gasteiger partial charge in [0.2, 0.25) is 11.8 Å². The van der Waals surface area contributed by atoms with Gasteiger partial charge in [-0.05, 0) is 104 Å². The van der Waals surface area contributed by atoms with Crippen LogP contribution in [0.4, 0.5) is 16.6 Å². The molecule has 1 unspecified atom stereocenters. The molecule has 3 aliphatic rings. The highest BCUT2D eigenvalue weighted by Crippen LogP contribution is 2.37. The van der Waals surface area contributed by atoms with Gasteiger partial charge >= 0.3 is 5.97 Å². The summed E-state index contributed by atoms with van der Waals surface area (Å²) in [6.45, 7) is 8.53. The number of aromatic carboxylic acids is 1. The number of anilines is 3. The Hall–Kier alpha value is -7.17. The summed E-state index contributed by atoms with van der Waals surface area (Å²) in [4.78, 5) is 67.2. The molecule has 0 saturated carbocycles. The predicted molar refractivity (Wildman–Crippen MR) is 278 cm³/mol. The number of thiazole rings is 1. The fourth-order valence-corrected chi connectivity index (χ4v) is 11.4. The molecule has 3 N–H and O–H groups in total. The van der Waals surface area contributed by atoms with Crippen molar-refractivity contribution in [2.45, 2.75) is 77.2 Å². The molecule has 4 aromatic carbocycles. The van der Waals surface area contributed by atoms with Crippen LogP contribution in [0, 0.1) is 6.92 Å². The van der Waals surface area contributed by atoms with E-state index in [1.807, 2.05) is 108 Å². The highest BCUT2D eigenvalue weighted by atomic mass is 32.1. The number of para-hydroxylation sites is 2. The lowest BCUT2D eigenvalue weighted by molar-refractivity contribution is -0.134. The maximum Gasteiger partial charge on any atom is 0.355 e. The number of hydrogen-bond acceptors (Lipinski definition) is 12.